The van der Waals surface area contributed by atoms with Gasteiger partial charge >= 0.3 is 0 Å². The van der Waals surface area contributed by atoms with Crippen molar-refractivity contribution in [1.29, 1.82) is 0 Å². The monoisotopic (exact) mass is 168 g/mol. The molecule has 2 nitrogen and oxygen atoms in total. The van der Waals surface area contributed by atoms with Gasteiger partial charge in [0.1, 0.15) is 5.78 Å². The van der Waals surface area contributed by atoms with E-state index < -0.39 is 0 Å². The highest BCUT2D eigenvalue weighted by Gasteiger charge is 2.09. The van der Waals surface area contributed by atoms with Crippen LogP contribution in [-0.2, 0) is 9.53 Å². The minimum Gasteiger partial charge on any atom is -0.377 e. The molecule has 0 aromatic rings. The predicted molar refractivity (Wildman–Crippen MR) is 48.1 cm³/mol. The molecule has 68 valence electrons. The molecule has 0 bridgehead atoms. The van der Waals surface area contributed by atoms with Crippen molar-refractivity contribution in [1.82, 2.24) is 0 Å². The normalized spacial score (nSPS) is 17.8. The lowest BCUT2D eigenvalue weighted by Gasteiger charge is -2.11. The first-order valence-electron chi connectivity index (χ1n) is 4.60. The van der Waals surface area contributed by atoms with Gasteiger partial charge in [0.15, 0.2) is 0 Å². The van der Waals surface area contributed by atoms with E-state index in [4.69, 9.17) is 4.74 Å². The smallest absolute Gasteiger partial charge is 0.136 e. The largest absolute Gasteiger partial charge is 0.377 e. The maximum absolute atomic E-state index is 10.9. The van der Waals surface area contributed by atoms with Gasteiger partial charge in [-0.05, 0) is 18.4 Å². The van der Waals surface area contributed by atoms with E-state index in [1.165, 1.54) is 5.57 Å². The van der Waals surface area contributed by atoms with E-state index in [9.17, 15) is 4.79 Å². The molecule has 1 rings (SSSR count). The van der Waals surface area contributed by atoms with Gasteiger partial charge in [-0.1, -0.05) is 13.0 Å². The summed E-state index contributed by atoms with van der Waals surface area (Å²) in [7, 11) is 0. The number of hydrogen-bond acceptors (Lipinski definition) is 2. The summed E-state index contributed by atoms with van der Waals surface area (Å²) in [5, 5.41) is 0. The topological polar surface area (TPSA) is 26.3 Å². The molecule has 1 aliphatic carbocycles. The lowest BCUT2D eigenvalue weighted by Crippen LogP contribution is -2.08. The van der Waals surface area contributed by atoms with Crippen molar-refractivity contribution in [3.05, 3.63) is 11.6 Å². The van der Waals surface area contributed by atoms with Gasteiger partial charge < -0.3 is 4.74 Å². The van der Waals surface area contributed by atoms with Crippen LogP contribution in [0.1, 0.15) is 32.6 Å². The first kappa shape index (κ1) is 9.46. The molecular weight excluding hydrogens is 152 g/mol. The number of ether oxygens (including phenoxy) is 1. The Hall–Kier alpha value is -0.630. The molecule has 1 aliphatic rings. The first-order valence-corrected chi connectivity index (χ1v) is 4.60. The highest BCUT2D eigenvalue weighted by Crippen LogP contribution is 2.14. The molecule has 0 aliphatic heterocycles. The van der Waals surface area contributed by atoms with E-state index >= 15 is 0 Å². The third kappa shape index (κ3) is 3.18. The van der Waals surface area contributed by atoms with Crippen molar-refractivity contribution in [2.75, 3.05) is 13.2 Å². The third-order valence-electron chi connectivity index (χ3n) is 1.98. The number of Topliss-reactive ketones (excluding diaryl/α,β-unsaturated/α-hetero) is 1. The molecule has 0 fully saturated rings. The molecule has 0 saturated carbocycles. The van der Waals surface area contributed by atoms with Gasteiger partial charge in [-0.3, -0.25) is 4.79 Å². The quantitative estimate of drug-likeness (QED) is 0.474. The van der Waals surface area contributed by atoms with Crippen LogP contribution >= 0.6 is 0 Å². The van der Waals surface area contributed by atoms with Gasteiger partial charge in [0, 0.05) is 19.4 Å². The standard InChI is InChI=1S/C10H16O2/c1-2-7-12-8-9-3-5-10(11)6-4-9/h3H,2,4-8H2,1H3. The second-order valence-electron chi connectivity index (χ2n) is 3.16. The van der Waals surface area contributed by atoms with Crippen molar-refractivity contribution >= 4 is 5.78 Å². The summed E-state index contributed by atoms with van der Waals surface area (Å²) in [5.74, 6) is 0.356. The second-order valence-corrected chi connectivity index (χ2v) is 3.16. The number of allylic oxidation sites excluding steroid dienone is 1. The average molecular weight is 168 g/mol. The molecule has 0 spiro atoms. The fourth-order valence-electron chi connectivity index (χ4n) is 1.24. The van der Waals surface area contributed by atoms with Crippen LogP contribution in [0.25, 0.3) is 0 Å². The molecule has 12 heavy (non-hydrogen) atoms. The molecule has 0 N–H and O–H groups in total. The summed E-state index contributed by atoms with van der Waals surface area (Å²) in [6, 6.07) is 0. The van der Waals surface area contributed by atoms with Crippen LogP contribution in [0.2, 0.25) is 0 Å². The molecule has 0 atom stereocenters. The zero-order valence-corrected chi connectivity index (χ0v) is 7.64. The zero-order valence-electron chi connectivity index (χ0n) is 7.64. The zero-order chi connectivity index (χ0) is 8.81. The lowest BCUT2D eigenvalue weighted by atomic mass is 9.99. The summed E-state index contributed by atoms with van der Waals surface area (Å²) in [6.45, 7) is 3.64. The summed E-state index contributed by atoms with van der Waals surface area (Å²) in [6.07, 6.45) is 5.31. The highest BCUT2D eigenvalue weighted by molar-refractivity contribution is 5.81. The minimum absolute atomic E-state index is 0.356. The third-order valence-corrected chi connectivity index (χ3v) is 1.98. The molecule has 0 amide bonds. The Labute approximate surface area is 73.6 Å². The second kappa shape index (κ2) is 5.09. The number of carbonyl (C=O) groups is 1. The van der Waals surface area contributed by atoms with Crippen molar-refractivity contribution in [3.8, 4) is 0 Å². The first-order chi connectivity index (χ1) is 5.83. The van der Waals surface area contributed by atoms with Crippen molar-refractivity contribution in [2.45, 2.75) is 32.6 Å². The van der Waals surface area contributed by atoms with E-state index in [1.807, 2.05) is 6.08 Å². The van der Waals surface area contributed by atoms with E-state index in [0.29, 0.717) is 18.6 Å². The Bertz CT molecular complexity index is 182. The van der Waals surface area contributed by atoms with Crippen LogP contribution in [0, 0.1) is 0 Å². The lowest BCUT2D eigenvalue weighted by molar-refractivity contribution is -0.118. The van der Waals surface area contributed by atoms with Crippen LogP contribution in [0.4, 0.5) is 0 Å². The predicted octanol–water partition coefficient (Wildman–Crippen LogP) is 2.09. The van der Waals surface area contributed by atoms with Crippen LogP contribution in [0.5, 0.6) is 0 Å². The minimum atomic E-state index is 0.356. The summed E-state index contributed by atoms with van der Waals surface area (Å²) in [4.78, 5) is 10.9. The van der Waals surface area contributed by atoms with Crippen LogP contribution in [0.3, 0.4) is 0 Å². The highest BCUT2D eigenvalue weighted by atomic mass is 16.5. The Balaban J connectivity index is 2.19. The summed E-state index contributed by atoms with van der Waals surface area (Å²) < 4.78 is 5.38. The Morgan fingerprint density at radius 1 is 1.50 bits per heavy atom. The number of carbonyl (C=O) groups excluding carboxylic acids is 1. The molecule has 0 saturated heterocycles. The van der Waals surface area contributed by atoms with E-state index in [2.05, 4.69) is 6.92 Å². The Morgan fingerprint density at radius 3 is 2.92 bits per heavy atom. The van der Waals surface area contributed by atoms with E-state index in [0.717, 1.165) is 26.1 Å². The average Bonchev–Trinajstić information content (AvgIpc) is 2.09. The van der Waals surface area contributed by atoms with Crippen molar-refractivity contribution in [3.63, 3.8) is 0 Å². The van der Waals surface area contributed by atoms with E-state index in [-0.39, 0.29) is 0 Å². The molecule has 0 aromatic heterocycles. The van der Waals surface area contributed by atoms with Crippen LogP contribution in [0.15, 0.2) is 11.6 Å². The number of rotatable bonds is 4. The van der Waals surface area contributed by atoms with Gasteiger partial charge in [-0.15, -0.1) is 0 Å². The van der Waals surface area contributed by atoms with Gasteiger partial charge in [-0.25, -0.2) is 0 Å². The summed E-state index contributed by atoms with van der Waals surface area (Å²) >= 11 is 0. The molecule has 0 heterocycles. The fraction of sp³-hybridized carbons (Fsp3) is 0.700. The van der Waals surface area contributed by atoms with Gasteiger partial charge in [0.2, 0.25) is 0 Å². The van der Waals surface area contributed by atoms with Crippen molar-refractivity contribution < 1.29 is 9.53 Å². The molecule has 0 radical (unpaired) electrons. The molecule has 0 aromatic carbocycles. The van der Waals surface area contributed by atoms with Crippen molar-refractivity contribution in [2.24, 2.45) is 0 Å². The SMILES string of the molecule is CCCOCC1=CCC(=O)CC1. The molecule has 0 unspecified atom stereocenters. The van der Waals surface area contributed by atoms with Crippen LogP contribution < -0.4 is 0 Å². The maximum atomic E-state index is 10.9. The summed E-state index contributed by atoms with van der Waals surface area (Å²) in [5.41, 5.74) is 1.29. The van der Waals surface area contributed by atoms with Crippen LogP contribution in [-0.4, -0.2) is 19.0 Å². The van der Waals surface area contributed by atoms with Gasteiger partial charge in [-0.2, -0.15) is 0 Å². The fourth-order valence-corrected chi connectivity index (χ4v) is 1.24. The Kier molecular flexibility index (Phi) is 4.01. The number of ketones is 1. The maximum Gasteiger partial charge on any atom is 0.136 e. The van der Waals surface area contributed by atoms with E-state index in [1.54, 1.807) is 0 Å². The molecular formula is C10H16O2. The van der Waals surface area contributed by atoms with Gasteiger partial charge in [0.25, 0.3) is 0 Å². The Morgan fingerprint density at radius 2 is 2.33 bits per heavy atom. The van der Waals surface area contributed by atoms with Gasteiger partial charge in [0.05, 0.1) is 6.61 Å². The number of hydrogen-bond donors (Lipinski definition) is 0. The molecule has 2 heteroatoms.